The van der Waals surface area contributed by atoms with Gasteiger partial charge in [0, 0.05) is 12.8 Å². The standard InChI is InChI=1S/C29H37NO10/c1-27(2,3)39-25(33)37-21-14-13-19(17-22(21)38-26(34)40-28(4,5)6)18-29(30,24(32)35-7)15-16-36-23(31)20-11-9-8-10-12-20/h8-14,17H,15-16,18,30H2,1-7H3/t29-/m1/s1. The third kappa shape index (κ3) is 10.6. The third-order valence-electron chi connectivity index (χ3n) is 5.08. The predicted octanol–water partition coefficient (Wildman–Crippen LogP) is 4.97. The maximum absolute atomic E-state index is 12.7. The first-order valence-corrected chi connectivity index (χ1v) is 12.6. The number of carbonyl (C=O) groups excluding carboxylic acids is 4. The van der Waals surface area contributed by atoms with Crippen LogP contribution in [0, 0.1) is 0 Å². The molecule has 0 unspecified atom stereocenters. The van der Waals surface area contributed by atoms with Crippen molar-refractivity contribution in [1.82, 2.24) is 0 Å². The van der Waals surface area contributed by atoms with Crippen LogP contribution in [0.25, 0.3) is 0 Å². The molecule has 2 rings (SSSR count). The number of hydrogen-bond donors (Lipinski definition) is 1. The van der Waals surface area contributed by atoms with Gasteiger partial charge in [-0.05, 0) is 71.4 Å². The summed E-state index contributed by atoms with van der Waals surface area (Å²) in [5.41, 5.74) is 3.92. The first kappa shape index (κ1) is 32.1. The SMILES string of the molecule is COC(=O)[C@@](N)(CCOC(=O)c1ccccc1)Cc1ccc(OC(=O)OC(C)(C)C)c(OC(=O)OC(C)(C)C)c1. The largest absolute Gasteiger partial charge is 0.514 e. The number of methoxy groups -OCH3 is 1. The van der Waals surface area contributed by atoms with E-state index >= 15 is 0 Å². The molecule has 0 aliphatic rings. The van der Waals surface area contributed by atoms with Crippen LogP contribution in [-0.4, -0.2) is 54.7 Å². The fraction of sp³-hybridized carbons (Fsp3) is 0.448. The molecule has 0 heterocycles. The maximum Gasteiger partial charge on any atom is 0.514 e. The fourth-order valence-electron chi connectivity index (χ4n) is 3.36. The van der Waals surface area contributed by atoms with Crippen molar-refractivity contribution >= 4 is 24.2 Å². The van der Waals surface area contributed by atoms with Crippen LogP contribution in [0.4, 0.5) is 9.59 Å². The number of ether oxygens (including phenoxy) is 6. The molecule has 0 spiro atoms. The first-order valence-electron chi connectivity index (χ1n) is 12.6. The van der Waals surface area contributed by atoms with E-state index in [1.165, 1.54) is 25.3 Å². The fourth-order valence-corrected chi connectivity index (χ4v) is 3.36. The smallest absolute Gasteiger partial charge is 0.468 e. The van der Waals surface area contributed by atoms with E-state index in [0.717, 1.165) is 0 Å². The summed E-state index contributed by atoms with van der Waals surface area (Å²) >= 11 is 0. The summed E-state index contributed by atoms with van der Waals surface area (Å²) in [7, 11) is 1.19. The number of hydrogen-bond acceptors (Lipinski definition) is 11. The van der Waals surface area contributed by atoms with E-state index in [1.54, 1.807) is 71.9 Å². The monoisotopic (exact) mass is 559 g/mol. The molecule has 0 aliphatic heterocycles. The second-order valence-electron chi connectivity index (χ2n) is 11.0. The molecule has 0 aliphatic carbocycles. The van der Waals surface area contributed by atoms with Crippen LogP contribution in [0.15, 0.2) is 48.5 Å². The molecule has 11 nitrogen and oxygen atoms in total. The topological polar surface area (TPSA) is 150 Å². The number of rotatable bonds is 9. The molecule has 0 amide bonds. The van der Waals surface area contributed by atoms with Gasteiger partial charge in [0.15, 0.2) is 11.5 Å². The normalized spacial score (nSPS) is 12.9. The Hall–Kier alpha value is -4.12. The van der Waals surface area contributed by atoms with Crippen molar-refractivity contribution in [2.45, 2.75) is 71.1 Å². The Bertz CT molecular complexity index is 1200. The molecule has 0 bridgehead atoms. The number of nitrogens with two attached hydrogens (primary N) is 1. The Labute approximate surface area is 233 Å². The van der Waals surface area contributed by atoms with Crippen molar-refractivity contribution < 1.29 is 47.6 Å². The summed E-state index contributed by atoms with van der Waals surface area (Å²) < 4.78 is 31.2. The van der Waals surface area contributed by atoms with Crippen molar-refractivity contribution in [2.24, 2.45) is 5.73 Å². The quantitative estimate of drug-likeness (QED) is 0.252. The van der Waals surface area contributed by atoms with E-state index in [9.17, 15) is 19.2 Å². The van der Waals surface area contributed by atoms with Crippen LogP contribution in [0.1, 0.15) is 63.9 Å². The maximum atomic E-state index is 12.7. The van der Waals surface area contributed by atoms with Gasteiger partial charge in [-0.2, -0.15) is 0 Å². The molecule has 1 atom stereocenters. The molecule has 0 saturated heterocycles. The van der Waals surface area contributed by atoms with E-state index in [4.69, 9.17) is 34.2 Å². The lowest BCUT2D eigenvalue weighted by molar-refractivity contribution is -0.147. The Morgan fingerprint density at radius 3 is 1.85 bits per heavy atom. The molecule has 0 radical (unpaired) electrons. The minimum absolute atomic E-state index is 0.0728. The zero-order valence-corrected chi connectivity index (χ0v) is 23.9. The molecule has 218 valence electrons. The summed E-state index contributed by atoms with van der Waals surface area (Å²) in [6.07, 6.45) is -2.23. The molecule has 0 saturated carbocycles. The van der Waals surface area contributed by atoms with Crippen LogP contribution >= 0.6 is 0 Å². The zero-order valence-electron chi connectivity index (χ0n) is 23.9. The Morgan fingerprint density at radius 1 is 0.775 bits per heavy atom. The summed E-state index contributed by atoms with van der Waals surface area (Å²) in [6.45, 7) is 9.81. The predicted molar refractivity (Wildman–Crippen MR) is 144 cm³/mol. The summed E-state index contributed by atoms with van der Waals surface area (Å²) in [4.78, 5) is 49.6. The van der Waals surface area contributed by atoms with Gasteiger partial charge in [-0.15, -0.1) is 0 Å². The number of esters is 2. The lowest BCUT2D eigenvalue weighted by Gasteiger charge is -2.27. The minimum atomic E-state index is -1.61. The highest BCUT2D eigenvalue weighted by Gasteiger charge is 2.36. The van der Waals surface area contributed by atoms with Crippen LogP contribution in [-0.2, 0) is 30.2 Å². The zero-order chi connectivity index (χ0) is 30.1. The highest BCUT2D eigenvalue weighted by atomic mass is 16.8. The molecule has 40 heavy (non-hydrogen) atoms. The van der Waals surface area contributed by atoms with Crippen LogP contribution in [0.2, 0.25) is 0 Å². The van der Waals surface area contributed by atoms with Crippen molar-refractivity contribution in [3.63, 3.8) is 0 Å². The van der Waals surface area contributed by atoms with E-state index in [0.29, 0.717) is 11.1 Å². The second kappa shape index (κ2) is 13.3. The van der Waals surface area contributed by atoms with Crippen molar-refractivity contribution in [1.29, 1.82) is 0 Å². The van der Waals surface area contributed by atoms with Gasteiger partial charge in [-0.3, -0.25) is 4.79 Å². The molecule has 2 N–H and O–H groups in total. The lowest BCUT2D eigenvalue weighted by atomic mass is 9.88. The number of carbonyl (C=O) groups is 4. The van der Waals surface area contributed by atoms with E-state index in [1.807, 2.05) is 0 Å². The number of benzene rings is 2. The molecule has 2 aromatic rings. The average Bonchev–Trinajstić information content (AvgIpc) is 2.83. The Morgan fingerprint density at radius 2 is 1.32 bits per heavy atom. The molecule has 2 aromatic carbocycles. The van der Waals surface area contributed by atoms with Gasteiger partial charge in [0.1, 0.15) is 16.7 Å². The van der Waals surface area contributed by atoms with Crippen LogP contribution in [0.5, 0.6) is 11.5 Å². The molecular weight excluding hydrogens is 522 g/mol. The molecule has 11 heteroatoms. The average molecular weight is 560 g/mol. The van der Waals surface area contributed by atoms with Crippen LogP contribution < -0.4 is 15.2 Å². The third-order valence-corrected chi connectivity index (χ3v) is 5.08. The molecular formula is C29H37NO10. The molecule has 0 fully saturated rings. The van der Waals surface area contributed by atoms with E-state index in [2.05, 4.69) is 0 Å². The van der Waals surface area contributed by atoms with Gasteiger partial charge >= 0.3 is 24.2 Å². The van der Waals surface area contributed by atoms with Crippen molar-refractivity contribution in [2.75, 3.05) is 13.7 Å². The first-order chi connectivity index (χ1) is 18.5. The van der Waals surface area contributed by atoms with Gasteiger partial charge in [0.25, 0.3) is 0 Å². The van der Waals surface area contributed by atoms with Gasteiger partial charge in [-0.1, -0.05) is 24.3 Å². The Balaban J connectivity index is 2.28. The van der Waals surface area contributed by atoms with Gasteiger partial charge in [-0.25, -0.2) is 14.4 Å². The summed E-state index contributed by atoms with van der Waals surface area (Å²) in [5, 5.41) is 0. The van der Waals surface area contributed by atoms with E-state index in [-0.39, 0.29) is 30.9 Å². The van der Waals surface area contributed by atoms with Gasteiger partial charge < -0.3 is 34.2 Å². The summed E-state index contributed by atoms with van der Waals surface area (Å²) in [5.74, 6) is -1.60. The van der Waals surface area contributed by atoms with Gasteiger partial charge in [0.05, 0.1) is 19.3 Å². The Kier molecular flexibility index (Phi) is 10.7. The highest BCUT2D eigenvalue weighted by Crippen LogP contribution is 2.32. The summed E-state index contributed by atoms with van der Waals surface area (Å²) in [6, 6.07) is 12.6. The van der Waals surface area contributed by atoms with Crippen molar-refractivity contribution in [3.05, 3.63) is 59.7 Å². The van der Waals surface area contributed by atoms with Crippen LogP contribution in [0.3, 0.4) is 0 Å². The second-order valence-corrected chi connectivity index (χ2v) is 11.0. The van der Waals surface area contributed by atoms with Gasteiger partial charge in [0.2, 0.25) is 0 Å². The highest BCUT2D eigenvalue weighted by molar-refractivity contribution is 5.89. The van der Waals surface area contributed by atoms with E-state index < -0.39 is 41.0 Å². The lowest BCUT2D eigenvalue weighted by Crippen LogP contribution is -2.51. The minimum Gasteiger partial charge on any atom is -0.468 e. The van der Waals surface area contributed by atoms with Crippen molar-refractivity contribution in [3.8, 4) is 11.5 Å². The molecule has 0 aromatic heterocycles.